The molecule has 4 atom stereocenters. The molecule has 138 valence electrons. The van der Waals surface area contributed by atoms with Crippen LogP contribution in [0.2, 0.25) is 0 Å². The highest BCUT2D eigenvalue weighted by molar-refractivity contribution is 6.00. The maximum absolute atomic E-state index is 12.7. The van der Waals surface area contributed by atoms with Crippen LogP contribution in [-0.4, -0.2) is 98.6 Å². The fraction of sp³-hybridized carbons (Fsp3) is 0.765. The van der Waals surface area contributed by atoms with Gasteiger partial charge in [-0.15, -0.1) is 0 Å². The molecule has 0 bridgehead atoms. The molecule has 0 N–H and O–H groups in total. The Hall–Kier alpha value is -1.48. The van der Waals surface area contributed by atoms with Crippen molar-refractivity contribution >= 4 is 11.8 Å². The normalized spacial score (nSPS) is 32.1. The summed E-state index contributed by atoms with van der Waals surface area (Å²) in [7, 11) is 0. The van der Waals surface area contributed by atoms with Gasteiger partial charge in [0.05, 0.1) is 50.8 Å². The van der Waals surface area contributed by atoms with Gasteiger partial charge in [-0.1, -0.05) is 0 Å². The maximum atomic E-state index is 12.7. The average molecular weight is 352 g/mol. The van der Waals surface area contributed by atoms with Gasteiger partial charge in [0, 0.05) is 37.8 Å². The third kappa shape index (κ3) is 5.24. The van der Waals surface area contributed by atoms with Gasteiger partial charge in [-0.3, -0.25) is 9.59 Å². The van der Waals surface area contributed by atoms with E-state index in [4.69, 9.17) is 18.9 Å². The lowest BCUT2D eigenvalue weighted by Crippen LogP contribution is -2.39. The highest BCUT2D eigenvalue weighted by Crippen LogP contribution is 2.19. The molecule has 4 aliphatic rings. The molecule has 25 heavy (non-hydrogen) atoms. The Morgan fingerprint density at radius 2 is 1.16 bits per heavy atom. The van der Waals surface area contributed by atoms with E-state index < -0.39 is 0 Å². The third-order valence-electron chi connectivity index (χ3n) is 4.58. The molecule has 0 aromatic rings. The first-order valence-corrected chi connectivity index (χ1v) is 8.81. The Bertz CT molecular complexity index is 535. The molecule has 4 aliphatic heterocycles. The van der Waals surface area contributed by atoms with Crippen LogP contribution in [0.5, 0.6) is 0 Å². The molecule has 4 saturated heterocycles. The first kappa shape index (κ1) is 17.0. The average Bonchev–Trinajstić information content (AvgIpc) is 3.44. The fourth-order valence-corrected chi connectivity index (χ4v) is 2.76. The van der Waals surface area contributed by atoms with E-state index in [0.717, 1.165) is 0 Å². The smallest absolute Gasteiger partial charge is 0.249 e. The van der Waals surface area contributed by atoms with Gasteiger partial charge in [-0.25, -0.2) is 0 Å². The molecule has 4 heterocycles. The zero-order valence-corrected chi connectivity index (χ0v) is 14.4. The van der Waals surface area contributed by atoms with Crippen LogP contribution in [0.4, 0.5) is 0 Å². The second-order valence-electron chi connectivity index (χ2n) is 7.10. The summed E-state index contributed by atoms with van der Waals surface area (Å²) >= 11 is 0. The molecule has 4 rings (SSSR count). The second-order valence-corrected chi connectivity index (χ2v) is 7.10. The van der Waals surface area contributed by atoms with Gasteiger partial charge in [0.15, 0.2) is 0 Å². The molecule has 0 aliphatic carbocycles. The van der Waals surface area contributed by atoms with E-state index in [1.807, 2.05) is 0 Å². The molecule has 8 nitrogen and oxygen atoms in total. The van der Waals surface area contributed by atoms with Crippen LogP contribution in [0.3, 0.4) is 0 Å². The van der Waals surface area contributed by atoms with E-state index in [9.17, 15) is 9.59 Å². The molecule has 0 aromatic carbocycles. The van der Waals surface area contributed by atoms with Gasteiger partial charge < -0.3 is 28.7 Å². The van der Waals surface area contributed by atoms with Crippen molar-refractivity contribution in [2.45, 2.75) is 31.3 Å². The predicted octanol–water partition coefficient (Wildman–Crippen LogP) is -0.815. The van der Waals surface area contributed by atoms with Crippen LogP contribution in [0.25, 0.3) is 0 Å². The zero-order chi connectivity index (χ0) is 17.4. The summed E-state index contributed by atoms with van der Waals surface area (Å²) in [6.45, 7) is 6.63. The minimum atomic E-state index is -0.165. The number of rotatable bonds is 10. The molecule has 0 radical (unpaired) electrons. The van der Waals surface area contributed by atoms with E-state index in [1.54, 1.807) is 16.7 Å². The molecular weight excluding hydrogens is 328 g/mol. The van der Waals surface area contributed by atoms with Crippen molar-refractivity contribution in [2.75, 3.05) is 52.6 Å². The SMILES string of the molecule is CC(=CC(=O)N(CC1CO1)CC1CO1)C(=O)N(CC1CO1)CC1CO1. The Labute approximate surface area is 146 Å². The van der Waals surface area contributed by atoms with Crippen LogP contribution < -0.4 is 0 Å². The highest BCUT2D eigenvalue weighted by Gasteiger charge is 2.35. The van der Waals surface area contributed by atoms with E-state index in [0.29, 0.717) is 58.2 Å². The molecular formula is C17H24N2O6. The predicted molar refractivity (Wildman–Crippen MR) is 85.9 cm³/mol. The minimum Gasteiger partial charge on any atom is -0.371 e. The number of epoxide rings is 4. The summed E-state index contributed by atoms with van der Waals surface area (Å²) in [5.74, 6) is -0.299. The topological polar surface area (TPSA) is 90.7 Å². The van der Waals surface area contributed by atoms with Crippen molar-refractivity contribution in [3.8, 4) is 0 Å². The largest absolute Gasteiger partial charge is 0.371 e. The van der Waals surface area contributed by atoms with Crippen LogP contribution in [0.15, 0.2) is 11.6 Å². The standard InChI is InChI=1S/C17H24N2O6/c1-11(17(21)19(5-14-9-24-14)6-15-10-25-15)2-16(20)18(3-12-7-22-12)4-13-8-23-13/h2,12-15H,3-10H2,1H3. The molecule has 0 spiro atoms. The van der Waals surface area contributed by atoms with Crippen LogP contribution in [-0.2, 0) is 28.5 Å². The zero-order valence-electron chi connectivity index (χ0n) is 14.4. The van der Waals surface area contributed by atoms with E-state index >= 15 is 0 Å². The van der Waals surface area contributed by atoms with Crippen molar-refractivity contribution in [3.05, 3.63) is 11.6 Å². The lowest BCUT2D eigenvalue weighted by Gasteiger charge is -2.22. The van der Waals surface area contributed by atoms with Gasteiger partial charge in [-0.2, -0.15) is 0 Å². The van der Waals surface area contributed by atoms with Crippen molar-refractivity contribution < 1.29 is 28.5 Å². The number of carbonyl (C=O) groups excluding carboxylic acids is 2. The Morgan fingerprint density at radius 1 is 0.800 bits per heavy atom. The van der Waals surface area contributed by atoms with Gasteiger partial charge in [0.2, 0.25) is 11.8 Å². The first-order chi connectivity index (χ1) is 12.1. The molecule has 2 amide bonds. The van der Waals surface area contributed by atoms with E-state index in [2.05, 4.69) is 0 Å². The molecule has 4 fully saturated rings. The molecule has 0 aromatic heterocycles. The van der Waals surface area contributed by atoms with Crippen molar-refractivity contribution in [1.82, 2.24) is 9.80 Å². The Kier molecular flexibility index (Phi) is 4.77. The highest BCUT2D eigenvalue weighted by atomic mass is 16.6. The van der Waals surface area contributed by atoms with Gasteiger partial charge in [0.25, 0.3) is 0 Å². The maximum Gasteiger partial charge on any atom is 0.249 e. The summed E-state index contributed by atoms with van der Waals surface area (Å²) in [5.41, 5.74) is 0.435. The van der Waals surface area contributed by atoms with Crippen molar-refractivity contribution in [1.29, 1.82) is 0 Å². The quantitative estimate of drug-likeness (QED) is 0.377. The van der Waals surface area contributed by atoms with Crippen LogP contribution >= 0.6 is 0 Å². The fourth-order valence-electron chi connectivity index (χ4n) is 2.76. The number of nitrogens with zero attached hydrogens (tertiary/aromatic N) is 2. The lowest BCUT2D eigenvalue weighted by atomic mass is 10.2. The van der Waals surface area contributed by atoms with Crippen molar-refractivity contribution in [3.63, 3.8) is 0 Å². The second kappa shape index (κ2) is 7.03. The van der Waals surface area contributed by atoms with Crippen LogP contribution in [0.1, 0.15) is 6.92 Å². The number of amides is 2. The minimum absolute atomic E-state index is 0.113. The van der Waals surface area contributed by atoms with Crippen molar-refractivity contribution in [2.24, 2.45) is 0 Å². The van der Waals surface area contributed by atoms with Gasteiger partial charge in [0.1, 0.15) is 0 Å². The summed E-state index contributed by atoms with van der Waals surface area (Å²) in [6, 6.07) is 0. The molecule has 4 unspecified atom stereocenters. The summed E-state index contributed by atoms with van der Waals surface area (Å²) in [5, 5.41) is 0. The number of carbonyl (C=O) groups is 2. The van der Waals surface area contributed by atoms with Gasteiger partial charge in [-0.05, 0) is 6.92 Å². The summed E-state index contributed by atoms with van der Waals surface area (Å²) < 4.78 is 20.9. The summed E-state index contributed by atoms with van der Waals surface area (Å²) in [6.07, 6.45) is 1.88. The van der Waals surface area contributed by atoms with Gasteiger partial charge >= 0.3 is 0 Å². The van der Waals surface area contributed by atoms with E-state index in [-0.39, 0.29) is 36.2 Å². The van der Waals surface area contributed by atoms with Crippen LogP contribution in [0, 0.1) is 0 Å². The number of ether oxygens (including phenoxy) is 4. The Balaban J connectivity index is 1.37. The lowest BCUT2D eigenvalue weighted by molar-refractivity contribution is -0.129. The third-order valence-corrected chi connectivity index (χ3v) is 4.58. The molecule has 8 heteroatoms. The molecule has 0 saturated carbocycles. The summed E-state index contributed by atoms with van der Waals surface area (Å²) in [4.78, 5) is 28.8. The monoisotopic (exact) mass is 352 g/mol. The van der Waals surface area contributed by atoms with E-state index in [1.165, 1.54) is 6.08 Å². The number of hydrogen-bond acceptors (Lipinski definition) is 6. The first-order valence-electron chi connectivity index (χ1n) is 8.81. The Morgan fingerprint density at radius 3 is 1.52 bits per heavy atom. The number of hydrogen-bond donors (Lipinski definition) is 0.